The average molecular weight is 723 g/mol. The number of aliphatic hydroxyl groups excluding tert-OH is 2. The minimum Gasteiger partial charge on any atom is -0.447 e. The van der Waals surface area contributed by atoms with Gasteiger partial charge in [0.15, 0.2) is 6.10 Å². The number of carbonyl (C=O) groups is 4. The lowest BCUT2D eigenvalue weighted by Gasteiger charge is -2.15. The minimum atomic E-state index is -1.28. The van der Waals surface area contributed by atoms with E-state index in [1.54, 1.807) is 13.0 Å². The van der Waals surface area contributed by atoms with Crippen LogP contribution in [-0.2, 0) is 37.9 Å². The van der Waals surface area contributed by atoms with Crippen molar-refractivity contribution in [3.63, 3.8) is 0 Å². The van der Waals surface area contributed by atoms with E-state index >= 15 is 0 Å². The number of hydrogen-bond acceptors (Lipinski definition) is 16. The van der Waals surface area contributed by atoms with Crippen molar-refractivity contribution in [1.82, 2.24) is 5.32 Å². The van der Waals surface area contributed by atoms with Crippen molar-refractivity contribution in [2.24, 2.45) is 17.2 Å². The zero-order chi connectivity index (χ0) is 37.4. The molecule has 0 aliphatic heterocycles. The summed E-state index contributed by atoms with van der Waals surface area (Å²) in [4.78, 5) is 46.5. The number of carbonyl (C=O) groups excluding carboxylic acids is 4. The molecule has 0 saturated heterocycles. The van der Waals surface area contributed by atoms with E-state index in [-0.39, 0.29) is 24.5 Å². The normalized spacial score (nSPS) is 11.6. The minimum absolute atomic E-state index is 0.183. The highest BCUT2D eigenvalue weighted by atomic mass is 16.6. The Hall–Kier alpha value is -4.02. The molecule has 0 radical (unpaired) electrons. The van der Waals surface area contributed by atoms with Crippen LogP contribution in [0.3, 0.4) is 0 Å². The number of rotatable bonds is 25. The first-order chi connectivity index (χ1) is 24.1. The molecule has 0 saturated carbocycles. The third kappa shape index (κ3) is 26.9. The number of primary amides is 1. The summed E-state index contributed by atoms with van der Waals surface area (Å²) in [5.74, 6) is 0. The fourth-order valence-corrected chi connectivity index (χ4v) is 3.21. The largest absolute Gasteiger partial charge is 0.447 e. The summed E-state index contributed by atoms with van der Waals surface area (Å²) in [6.07, 6.45) is -5.08. The molecular weight excluding hydrogens is 668 g/mol. The second kappa shape index (κ2) is 31.0. The summed E-state index contributed by atoms with van der Waals surface area (Å²) < 4.78 is 39.8. The van der Waals surface area contributed by atoms with Crippen LogP contribution in [0.25, 0.3) is 0 Å². The first-order valence-corrected chi connectivity index (χ1v) is 15.9. The van der Waals surface area contributed by atoms with Crippen LogP contribution < -0.4 is 33.2 Å². The molecule has 0 aliphatic rings. The Morgan fingerprint density at radius 2 is 1.30 bits per heavy atom. The second-order valence-electron chi connectivity index (χ2n) is 9.92. The third-order valence-electron chi connectivity index (χ3n) is 5.55. The fraction of sp³-hybridized carbons (Fsp3) is 0.667. The van der Waals surface area contributed by atoms with Gasteiger partial charge in [-0.05, 0) is 31.0 Å². The number of alkyl carbamates (subject to hydrolysis) is 1. The number of hydrogen-bond donors (Lipinski definition) is 8. The van der Waals surface area contributed by atoms with Crippen LogP contribution in [0.15, 0.2) is 18.2 Å². The number of nitrogens with one attached hydrogen (secondary N) is 3. The third-order valence-corrected chi connectivity index (χ3v) is 5.55. The predicted octanol–water partition coefficient (Wildman–Crippen LogP) is 0.0155. The quantitative estimate of drug-likeness (QED) is 0.0487. The summed E-state index contributed by atoms with van der Waals surface area (Å²) in [6, 6.07) is 4.55. The van der Waals surface area contributed by atoms with Crippen LogP contribution in [0.2, 0.25) is 0 Å². The van der Waals surface area contributed by atoms with Crippen LogP contribution in [0.1, 0.15) is 18.9 Å². The van der Waals surface area contributed by atoms with E-state index in [9.17, 15) is 24.3 Å². The van der Waals surface area contributed by atoms with E-state index in [1.165, 1.54) is 12.1 Å². The standard InChI is InChI=1S/C23H37N5O12.C7H17NO2/c1-15-2-3-16(27-22(33)39-14-18(11-29)40-20(25)31)10-19(15)28-23(34)38-13-17(30)12-37-21(32)26-5-7-36-9-8-35-6-4-24;1-2-4-9-6-7-10-5-3-8/h2-3,10,17-18,29-30H,4-9,11-14,24H2,1H3,(H2,25,31)(H,26,32)(H,27,33)(H,28,34);2-8H2,1H3. The van der Waals surface area contributed by atoms with Gasteiger partial charge in [0.2, 0.25) is 0 Å². The molecule has 2 unspecified atom stereocenters. The molecule has 1 aromatic carbocycles. The van der Waals surface area contributed by atoms with Crippen LogP contribution in [0.4, 0.5) is 30.6 Å². The molecule has 50 heavy (non-hydrogen) atoms. The molecule has 0 spiro atoms. The van der Waals surface area contributed by atoms with Crippen molar-refractivity contribution >= 4 is 35.7 Å². The molecular formula is C30H54N6O14. The van der Waals surface area contributed by atoms with Gasteiger partial charge in [-0.1, -0.05) is 13.0 Å². The molecule has 0 bridgehead atoms. The fourth-order valence-electron chi connectivity index (χ4n) is 3.21. The van der Waals surface area contributed by atoms with Crippen LogP contribution in [-0.4, -0.2) is 146 Å². The van der Waals surface area contributed by atoms with E-state index in [2.05, 4.69) is 27.6 Å². The van der Waals surface area contributed by atoms with Crippen molar-refractivity contribution in [2.45, 2.75) is 32.5 Å². The molecule has 288 valence electrons. The summed E-state index contributed by atoms with van der Waals surface area (Å²) >= 11 is 0. The van der Waals surface area contributed by atoms with Gasteiger partial charge in [-0.2, -0.15) is 0 Å². The van der Waals surface area contributed by atoms with Gasteiger partial charge in [0.05, 0.1) is 52.9 Å². The first kappa shape index (κ1) is 46.0. The average Bonchev–Trinajstić information content (AvgIpc) is 3.09. The molecule has 11 N–H and O–H groups in total. The van der Waals surface area contributed by atoms with Crippen molar-refractivity contribution in [3.05, 3.63) is 23.8 Å². The molecule has 2 atom stereocenters. The Balaban J connectivity index is 0.00000207. The highest BCUT2D eigenvalue weighted by Crippen LogP contribution is 2.21. The molecule has 1 aromatic rings. The van der Waals surface area contributed by atoms with Crippen LogP contribution >= 0.6 is 0 Å². The molecule has 0 heterocycles. The lowest BCUT2D eigenvalue weighted by Crippen LogP contribution is -2.32. The number of nitrogens with two attached hydrogens (primary N) is 3. The monoisotopic (exact) mass is 722 g/mol. The summed E-state index contributed by atoms with van der Waals surface area (Å²) in [6.45, 7) is 7.27. The van der Waals surface area contributed by atoms with Gasteiger partial charge in [-0.3, -0.25) is 10.6 Å². The van der Waals surface area contributed by atoms with Gasteiger partial charge in [-0.25, -0.2) is 19.2 Å². The zero-order valence-electron chi connectivity index (χ0n) is 28.7. The van der Waals surface area contributed by atoms with Gasteiger partial charge < -0.3 is 70.6 Å². The maximum Gasteiger partial charge on any atom is 0.411 e. The van der Waals surface area contributed by atoms with E-state index < -0.39 is 63.0 Å². The van der Waals surface area contributed by atoms with Crippen LogP contribution in [0.5, 0.6) is 0 Å². The molecule has 0 aromatic heterocycles. The lowest BCUT2D eigenvalue weighted by atomic mass is 10.2. The topological polar surface area (TPSA) is 297 Å². The first-order valence-electron chi connectivity index (χ1n) is 15.9. The van der Waals surface area contributed by atoms with Gasteiger partial charge >= 0.3 is 24.4 Å². The smallest absolute Gasteiger partial charge is 0.411 e. The van der Waals surface area contributed by atoms with Crippen LogP contribution in [0, 0.1) is 6.92 Å². The van der Waals surface area contributed by atoms with E-state index in [1.807, 2.05) is 0 Å². The van der Waals surface area contributed by atoms with Crippen molar-refractivity contribution < 1.29 is 67.3 Å². The maximum atomic E-state index is 12.1. The van der Waals surface area contributed by atoms with Gasteiger partial charge in [0.1, 0.15) is 25.9 Å². The zero-order valence-corrected chi connectivity index (χ0v) is 28.7. The maximum absolute atomic E-state index is 12.1. The summed E-state index contributed by atoms with van der Waals surface area (Å²) in [5.41, 5.74) is 16.5. The Labute approximate surface area is 291 Å². The van der Waals surface area contributed by atoms with Gasteiger partial charge in [-0.15, -0.1) is 0 Å². The number of anilines is 2. The number of benzene rings is 1. The van der Waals surface area contributed by atoms with E-state index in [0.717, 1.165) is 13.0 Å². The summed E-state index contributed by atoms with van der Waals surface area (Å²) in [5, 5.41) is 26.3. The summed E-state index contributed by atoms with van der Waals surface area (Å²) in [7, 11) is 0. The molecule has 0 aliphatic carbocycles. The number of aryl methyl sites for hydroxylation is 1. The molecule has 1 rings (SSSR count). The highest BCUT2D eigenvalue weighted by Gasteiger charge is 2.16. The van der Waals surface area contributed by atoms with Crippen molar-refractivity contribution in [1.29, 1.82) is 0 Å². The van der Waals surface area contributed by atoms with Gasteiger partial charge in [0.25, 0.3) is 0 Å². The molecule has 4 amide bonds. The van der Waals surface area contributed by atoms with Crippen molar-refractivity contribution in [2.75, 3.05) is 110 Å². The Morgan fingerprint density at radius 1 is 0.760 bits per heavy atom. The van der Waals surface area contributed by atoms with E-state index in [4.69, 9.17) is 55.5 Å². The molecule has 20 nitrogen and oxygen atoms in total. The molecule has 20 heteroatoms. The molecule has 0 fully saturated rings. The second-order valence-corrected chi connectivity index (χ2v) is 9.92. The van der Waals surface area contributed by atoms with Crippen molar-refractivity contribution in [3.8, 4) is 0 Å². The van der Waals surface area contributed by atoms with E-state index in [0.29, 0.717) is 58.3 Å². The SMILES string of the molecule is CCCOCCOCCN.Cc1ccc(NC(=O)OCC(CO)OC(N)=O)cc1NC(=O)OCC(O)COC(=O)NCCOCCOCCN. The number of ether oxygens (including phenoxy) is 8. The highest BCUT2D eigenvalue weighted by molar-refractivity contribution is 5.89. The Morgan fingerprint density at radius 3 is 1.86 bits per heavy atom. The van der Waals surface area contributed by atoms with Gasteiger partial charge in [0, 0.05) is 37.6 Å². The Kier molecular flexibility index (Phi) is 28.5. The number of aliphatic hydroxyl groups is 2. The predicted molar refractivity (Wildman–Crippen MR) is 180 cm³/mol. The lowest BCUT2D eigenvalue weighted by molar-refractivity contribution is 0.0208. The Bertz CT molecular complexity index is 1060. The number of amides is 4.